The van der Waals surface area contributed by atoms with Crippen molar-refractivity contribution in [1.82, 2.24) is 5.32 Å². The molecular weight excluding hydrogens is 235 g/mol. The van der Waals surface area contributed by atoms with E-state index in [1.807, 2.05) is 0 Å². The molecule has 0 aliphatic rings. The molecule has 0 saturated heterocycles. The fourth-order valence-electron chi connectivity index (χ4n) is 1.11. The number of nitrogens with zero attached hydrogens (tertiary/aromatic N) is 1. The number of halogens is 1. The summed E-state index contributed by atoms with van der Waals surface area (Å²) in [6.07, 6.45) is -1.08. The Hall–Kier alpha value is -2.37. The third-order valence-corrected chi connectivity index (χ3v) is 1.98. The highest BCUT2D eigenvalue weighted by molar-refractivity contribution is 5.94. The molecule has 1 N–H and O–H groups in total. The fraction of sp³-hybridized carbons (Fsp3) is 0.231. The van der Waals surface area contributed by atoms with E-state index in [9.17, 15) is 9.18 Å². The summed E-state index contributed by atoms with van der Waals surface area (Å²) >= 11 is 0. The number of ether oxygens (including phenoxy) is 1. The largest absolute Gasteiger partial charge is 0.332 e. The highest BCUT2D eigenvalue weighted by atomic mass is 19.1. The molecule has 0 heterocycles. The van der Waals surface area contributed by atoms with Crippen LogP contribution in [0.2, 0.25) is 0 Å². The van der Waals surface area contributed by atoms with E-state index in [1.54, 1.807) is 13.0 Å². The third-order valence-electron chi connectivity index (χ3n) is 1.98. The average Bonchev–Trinajstić information content (AvgIpc) is 2.38. The van der Waals surface area contributed by atoms with Crippen molar-refractivity contribution in [3.63, 3.8) is 0 Å². The van der Waals surface area contributed by atoms with Gasteiger partial charge in [0.05, 0.1) is 0 Å². The number of nitrogens with one attached hydrogen (secondary N) is 1. The van der Waals surface area contributed by atoms with E-state index >= 15 is 0 Å². The predicted octanol–water partition coefficient (Wildman–Crippen LogP) is 1.45. The fourth-order valence-corrected chi connectivity index (χ4v) is 1.11. The van der Waals surface area contributed by atoms with Crippen LogP contribution in [0.15, 0.2) is 24.3 Å². The maximum absolute atomic E-state index is 12.7. The Kier molecular flexibility index (Phi) is 5.37. The molecule has 0 aliphatic carbocycles. The molecule has 0 aliphatic heterocycles. The quantitative estimate of drug-likeness (QED) is 0.646. The highest BCUT2D eigenvalue weighted by Gasteiger charge is 2.12. The maximum atomic E-state index is 12.7. The van der Waals surface area contributed by atoms with Crippen molar-refractivity contribution in [2.75, 3.05) is 6.61 Å². The van der Waals surface area contributed by atoms with Gasteiger partial charge in [-0.2, -0.15) is 5.26 Å². The molecule has 1 rings (SSSR count). The standard InChI is InChI=1S/C13H11FN2O2/c1-2-3-8-18-12(9-15)16-13(17)10-4-6-11(14)7-5-10/h4-7,12H,8H2,1H3,(H,16,17). The first-order valence-corrected chi connectivity index (χ1v) is 5.14. The molecule has 0 spiro atoms. The normalized spacial score (nSPS) is 10.7. The van der Waals surface area contributed by atoms with Crippen LogP contribution in [0.5, 0.6) is 0 Å². The zero-order valence-electron chi connectivity index (χ0n) is 9.74. The third kappa shape index (κ3) is 4.25. The molecule has 0 bridgehead atoms. The molecule has 0 aromatic heterocycles. The van der Waals surface area contributed by atoms with Gasteiger partial charge in [0, 0.05) is 5.56 Å². The van der Waals surface area contributed by atoms with Gasteiger partial charge in [0.2, 0.25) is 6.23 Å². The van der Waals surface area contributed by atoms with Gasteiger partial charge in [-0.1, -0.05) is 5.92 Å². The summed E-state index contributed by atoms with van der Waals surface area (Å²) in [4.78, 5) is 11.7. The molecule has 18 heavy (non-hydrogen) atoms. The van der Waals surface area contributed by atoms with Crippen LogP contribution in [0.3, 0.4) is 0 Å². The number of hydrogen-bond donors (Lipinski definition) is 1. The summed E-state index contributed by atoms with van der Waals surface area (Å²) in [6.45, 7) is 1.69. The van der Waals surface area contributed by atoms with Crippen molar-refractivity contribution in [2.24, 2.45) is 0 Å². The van der Waals surface area contributed by atoms with Gasteiger partial charge in [-0.05, 0) is 31.2 Å². The summed E-state index contributed by atoms with van der Waals surface area (Å²) in [6, 6.07) is 6.76. The first-order chi connectivity index (χ1) is 8.67. The zero-order valence-corrected chi connectivity index (χ0v) is 9.74. The topological polar surface area (TPSA) is 62.1 Å². The molecule has 1 atom stereocenters. The number of rotatable bonds is 4. The average molecular weight is 246 g/mol. The highest BCUT2D eigenvalue weighted by Crippen LogP contribution is 2.03. The van der Waals surface area contributed by atoms with E-state index in [-0.39, 0.29) is 12.2 Å². The smallest absolute Gasteiger partial charge is 0.254 e. The Morgan fingerprint density at radius 1 is 1.50 bits per heavy atom. The van der Waals surface area contributed by atoms with Crippen molar-refractivity contribution >= 4 is 5.91 Å². The number of carbonyl (C=O) groups is 1. The summed E-state index contributed by atoms with van der Waals surface area (Å²) < 4.78 is 17.7. The number of hydrogen-bond acceptors (Lipinski definition) is 3. The molecule has 0 radical (unpaired) electrons. The molecule has 1 aromatic rings. The predicted molar refractivity (Wildman–Crippen MR) is 62.7 cm³/mol. The van der Waals surface area contributed by atoms with Crippen molar-refractivity contribution < 1.29 is 13.9 Å². The van der Waals surface area contributed by atoms with Crippen molar-refractivity contribution in [1.29, 1.82) is 5.26 Å². The lowest BCUT2D eigenvalue weighted by atomic mass is 10.2. The van der Waals surface area contributed by atoms with Crippen LogP contribution >= 0.6 is 0 Å². The monoisotopic (exact) mass is 246 g/mol. The summed E-state index contributed by atoms with van der Waals surface area (Å²) in [5.41, 5.74) is 0.252. The van der Waals surface area contributed by atoms with Crippen molar-refractivity contribution in [3.05, 3.63) is 35.6 Å². The minimum Gasteiger partial charge on any atom is -0.332 e. The lowest BCUT2D eigenvalue weighted by Crippen LogP contribution is -2.35. The minimum atomic E-state index is -1.08. The van der Waals surface area contributed by atoms with Crippen LogP contribution in [0.25, 0.3) is 0 Å². The number of amides is 1. The van der Waals surface area contributed by atoms with E-state index in [1.165, 1.54) is 24.3 Å². The van der Waals surface area contributed by atoms with Gasteiger partial charge in [0.25, 0.3) is 5.91 Å². The van der Waals surface area contributed by atoms with Gasteiger partial charge in [0.1, 0.15) is 18.5 Å². The Morgan fingerprint density at radius 3 is 2.72 bits per heavy atom. The Balaban J connectivity index is 2.59. The van der Waals surface area contributed by atoms with Crippen LogP contribution in [0.1, 0.15) is 17.3 Å². The van der Waals surface area contributed by atoms with Gasteiger partial charge < -0.3 is 10.1 Å². The van der Waals surface area contributed by atoms with E-state index < -0.39 is 18.0 Å². The van der Waals surface area contributed by atoms with Crippen LogP contribution in [0.4, 0.5) is 4.39 Å². The summed E-state index contributed by atoms with van der Waals surface area (Å²) in [7, 11) is 0. The van der Waals surface area contributed by atoms with E-state index in [0.29, 0.717) is 0 Å². The number of benzene rings is 1. The Labute approximate surface area is 104 Å². The Bertz CT molecular complexity index is 509. The molecular formula is C13H11FN2O2. The molecule has 4 nitrogen and oxygen atoms in total. The van der Waals surface area contributed by atoms with Crippen molar-refractivity contribution in [3.8, 4) is 17.9 Å². The second-order valence-corrected chi connectivity index (χ2v) is 3.23. The lowest BCUT2D eigenvalue weighted by molar-refractivity contribution is 0.0685. The number of nitriles is 1. The SMILES string of the molecule is CC#CCOC(C#N)NC(=O)c1ccc(F)cc1. The van der Waals surface area contributed by atoms with Gasteiger partial charge in [-0.15, -0.1) is 5.92 Å². The van der Waals surface area contributed by atoms with Gasteiger partial charge in [0.15, 0.2) is 0 Å². The Morgan fingerprint density at radius 2 is 2.17 bits per heavy atom. The molecule has 1 amide bonds. The van der Waals surface area contributed by atoms with Gasteiger partial charge in [-0.25, -0.2) is 4.39 Å². The molecule has 1 unspecified atom stereocenters. The van der Waals surface area contributed by atoms with Crippen LogP contribution in [0, 0.1) is 29.0 Å². The van der Waals surface area contributed by atoms with Gasteiger partial charge >= 0.3 is 0 Å². The van der Waals surface area contributed by atoms with Gasteiger partial charge in [-0.3, -0.25) is 4.79 Å². The first-order valence-electron chi connectivity index (χ1n) is 5.14. The van der Waals surface area contributed by atoms with Crippen molar-refractivity contribution in [2.45, 2.75) is 13.2 Å². The molecule has 0 fully saturated rings. The van der Waals surface area contributed by atoms with E-state index in [0.717, 1.165) is 0 Å². The lowest BCUT2D eigenvalue weighted by Gasteiger charge is -2.10. The summed E-state index contributed by atoms with van der Waals surface area (Å²) in [5, 5.41) is 11.1. The van der Waals surface area contributed by atoms with Crippen LogP contribution < -0.4 is 5.32 Å². The van der Waals surface area contributed by atoms with Crippen LogP contribution in [-0.4, -0.2) is 18.7 Å². The zero-order chi connectivity index (χ0) is 13.4. The maximum Gasteiger partial charge on any atom is 0.254 e. The van der Waals surface area contributed by atoms with E-state index in [2.05, 4.69) is 17.2 Å². The summed E-state index contributed by atoms with van der Waals surface area (Å²) in [5.74, 6) is 4.27. The second kappa shape index (κ2) is 7.05. The molecule has 1 aromatic carbocycles. The first kappa shape index (κ1) is 13.7. The minimum absolute atomic E-state index is 0.0540. The second-order valence-electron chi connectivity index (χ2n) is 3.23. The van der Waals surface area contributed by atoms with Crippen LogP contribution in [-0.2, 0) is 4.74 Å². The van der Waals surface area contributed by atoms with E-state index in [4.69, 9.17) is 10.00 Å². The molecule has 5 heteroatoms. The molecule has 0 saturated carbocycles. The number of carbonyl (C=O) groups excluding carboxylic acids is 1. The molecule has 92 valence electrons.